The fourth-order valence-electron chi connectivity index (χ4n) is 11.8. The monoisotopic (exact) mass is 557 g/mol. The van der Waals surface area contributed by atoms with Crippen LogP contribution < -0.4 is 0 Å². The lowest BCUT2D eigenvalue weighted by Crippen LogP contribution is -2.67. The molecule has 2 heterocycles. The van der Waals surface area contributed by atoms with Crippen molar-refractivity contribution >= 4 is 17.8 Å². The van der Waals surface area contributed by atoms with Crippen LogP contribution in [0.1, 0.15) is 113 Å². The van der Waals surface area contributed by atoms with Crippen LogP contribution in [-0.4, -0.2) is 52.8 Å². The minimum absolute atomic E-state index is 0.0333. The fraction of sp³-hybridized carbons (Fsp3) is 0.909. The number of piperidine rings is 1. The van der Waals surface area contributed by atoms with Crippen LogP contribution in [0, 0.1) is 46.3 Å². The Morgan fingerprint density at radius 1 is 0.850 bits per heavy atom. The number of nitrogens with zero attached hydrogens (tertiary/aromatic N) is 1. The number of rotatable bonds is 2. The summed E-state index contributed by atoms with van der Waals surface area (Å²) in [5.74, 6) is 2.02. The van der Waals surface area contributed by atoms with Crippen LogP contribution in [0.4, 0.5) is 0 Å². The molecule has 6 fully saturated rings. The molecule has 12 atom stereocenters. The zero-order valence-electron chi connectivity index (χ0n) is 25.8. The minimum atomic E-state index is -0.488. The SMILES string of the molecule is CC(=O)OC1CCC2(C)C(CCC3C4CC5OC6(CCC(C)CN6C(C)=O)C(C)C5C4(C)CCC32OC(C)=O)C1. The van der Waals surface area contributed by atoms with Gasteiger partial charge >= 0.3 is 11.9 Å². The highest BCUT2D eigenvalue weighted by atomic mass is 16.6. The molecule has 0 aromatic heterocycles. The van der Waals surface area contributed by atoms with Gasteiger partial charge in [-0.2, -0.15) is 0 Å². The van der Waals surface area contributed by atoms with Crippen LogP contribution in [0.15, 0.2) is 0 Å². The van der Waals surface area contributed by atoms with E-state index < -0.39 is 11.3 Å². The lowest BCUT2D eigenvalue weighted by molar-refractivity contribution is -0.259. The van der Waals surface area contributed by atoms with Gasteiger partial charge in [0.2, 0.25) is 5.91 Å². The summed E-state index contributed by atoms with van der Waals surface area (Å²) in [5, 5.41) is 0. The maximum Gasteiger partial charge on any atom is 0.303 e. The highest BCUT2D eigenvalue weighted by Gasteiger charge is 2.74. The molecule has 0 bridgehead atoms. The van der Waals surface area contributed by atoms with Crippen molar-refractivity contribution in [3.63, 3.8) is 0 Å². The Bertz CT molecular complexity index is 1080. The van der Waals surface area contributed by atoms with Crippen molar-refractivity contribution in [1.82, 2.24) is 4.90 Å². The highest BCUT2D eigenvalue weighted by molar-refractivity contribution is 5.74. The molecule has 40 heavy (non-hydrogen) atoms. The normalized spacial score (nSPS) is 51.3. The van der Waals surface area contributed by atoms with Gasteiger partial charge in [0.25, 0.3) is 0 Å². The number of ether oxygens (including phenoxy) is 3. The quantitative estimate of drug-likeness (QED) is 0.394. The smallest absolute Gasteiger partial charge is 0.303 e. The van der Waals surface area contributed by atoms with Gasteiger partial charge in [0.15, 0.2) is 0 Å². The van der Waals surface area contributed by atoms with Gasteiger partial charge in [0.05, 0.1) is 6.10 Å². The molecule has 224 valence electrons. The predicted molar refractivity (Wildman–Crippen MR) is 150 cm³/mol. The second-order valence-electron chi connectivity index (χ2n) is 15.2. The molecular formula is C33H51NO6. The Labute approximate surface area is 240 Å². The van der Waals surface area contributed by atoms with E-state index in [2.05, 4.69) is 32.6 Å². The number of carbonyl (C=O) groups is 3. The van der Waals surface area contributed by atoms with E-state index in [-0.39, 0.29) is 46.8 Å². The summed E-state index contributed by atoms with van der Waals surface area (Å²) in [5.41, 5.74) is -1.01. The summed E-state index contributed by atoms with van der Waals surface area (Å²) in [6, 6.07) is 0. The van der Waals surface area contributed by atoms with E-state index in [1.165, 1.54) is 6.92 Å². The highest BCUT2D eigenvalue weighted by Crippen LogP contribution is 2.73. The Morgan fingerprint density at radius 2 is 1.60 bits per heavy atom. The second-order valence-corrected chi connectivity index (χ2v) is 15.2. The summed E-state index contributed by atoms with van der Waals surface area (Å²) >= 11 is 0. The maximum absolute atomic E-state index is 12.9. The van der Waals surface area contributed by atoms with Gasteiger partial charge in [-0.05, 0) is 93.3 Å². The van der Waals surface area contributed by atoms with Crippen LogP contribution in [0.5, 0.6) is 0 Å². The van der Waals surface area contributed by atoms with Gasteiger partial charge in [-0.3, -0.25) is 14.4 Å². The van der Waals surface area contributed by atoms with E-state index in [0.29, 0.717) is 29.6 Å². The second kappa shape index (κ2) is 9.44. The third-order valence-corrected chi connectivity index (χ3v) is 13.4. The molecule has 7 nitrogen and oxygen atoms in total. The van der Waals surface area contributed by atoms with Crippen molar-refractivity contribution in [2.75, 3.05) is 6.54 Å². The zero-order valence-corrected chi connectivity index (χ0v) is 25.8. The molecule has 7 heteroatoms. The summed E-state index contributed by atoms with van der Waals surface area (Å²) < 4.78 is 19.4. The first-order valence-corrected chi connectivity index (χ1v) is 16.1. The van der Waals surface area contributed by atoms with Gasteiger partial charge in [0, 0.05) is 44.6 Å². The van der Waals surface area contributed by atoms with Gasteiger partial charge in [0.1, 0.15) is 17.4 Å². The summed E-state index contributed by atoms with van der Waals surface area (Å²) in [6.07, 6.45) is 9.73. The number of amides is 1. The molecule has 12 unspecified atom stereocenters. The molecule has 1 amide bonds. The number of likely N-dealkylation sites (tertiary alicyclic amines) is 1. The molecule has 0 aromatic rings. The van der Waals surface area contributed by atoms with Gasteiger partial charge in [-0.15, -0.1) is 0 Å². The van der Waals surface area contributed by atoms with E-state index in [1.807, 2.05) is 0 Å². The van der Waals surface area contributed by atoms with Gasteiger partial charge in [-0.25, -0.2) is 0 Å². The first-order valence-electron chi connectivity index (χ1n) is 16.1. The number of hydrogen-bond donors (Lipinski definition) is 0. The molecule has 4 saturated carbocycles. The van der Waals surface area contributed by atoms with E-state index >= 15 is 0 Å². The van der Waals surface area contributed by atoms with E-state index in [9.17, 15) is 14.4 Å². The number of hydrogen-bond acceptors (Lipinski definition) is 6. The molecule has 6 rings (SSSR count). The van der Waals surface area contributed by atoms with E-state index in [1.54, 1.807) is 13.8 Å². The first-order chi connectivity index (χ1) is 18.8. The van der Waals surface area contributed by atoms with Gasteiger partial charge < -0.3 is 19.1 Å². The summed E-state index contributed by atoms with van der Waals surface area (Å²) in [7, 11) is 0. The summed E-state index contributed by atoms with van der Waals surface area (Å²) in [6.45, 7) is 15.0. The largest absolute Gasteiger partial charge is 0.463 e. The zero-order chi connectivity index (χ0) is 28.8. The number of esters is 2. The minimum Gasteiger partial charge on any atom is -0.463 e. The van der Waals surface area contributed by atoms with Gasteiger partial charge in [-0.1, -0.05) is 27.7 Å². The molecule has 0 N–H and O–H groups in total. The molecule has 0 radical (unpaired) electrons. The van der Waals surface area contributed by atoms with Crippen LogP contribution in [0.2, 0.25) is 0 Å². The standard InChI is InChI=1S/C33H51NO6/c1-19-10-13-33(34(18-19)21(3)35)20(2)29-28(40-33)17-27-26-9-8-24-16-25(38-22(4)36)11-12-31(24,7)32(26,39-23(5)37)15-14-30(27,29)6/h19-20,24-29H,8-18H2,1-7H3. The van der Waals surface area contributed by atoms with Crippen molar-refractivity contribution in [1.29, 1.82) is 0 Å². The third-order valence-electron chi connectivity index (χ3n) is 13.4. The molecule has 6 aliphatic rings. The van der Waals surface area contributed by atoms with Crippen LogP contribution in [0.25, 0.3) is 0 Å². The Hall–Kier alpha value is -1.63. The van der Waals surface area contributed by atoms with Crippen molar-refractivity contribution in [3.05, 3.63) is 0 Å². The molecule has 4 aliphatic carbocycles. The fourth-order valence-corrected chi connectivity index (χ4v) is 11.8. The number of carbonyl (C=O) groups excluding carboxylic acids is 3. The van der Waals surface area contributed by atoms with Crippen LogP contribution >= 0.6 is 0 Å². The Morgan fingerprint density at radius 3 is 2.27 bits per heavy atom. The van der Waals surface area contributed by atoms with Crippen molar-refractivity contribution in [2.24, 2.45) is 46.3 Å². The summed E-state index contributed by atoms with van der Waals surface area (Å²) in [4.78, 5) is 39.5. The Balaban J connectivity index is 1.32. The average molecular weight is 558 g/mol. The van der Waals surface area contributed by atoms with Crippen molar-refractivity contribution < 1.29 is 28.6 Å². The van der Waals surface area contributed by atoms with Crippen molar-refractivity contribution in [2.45, 2.75) is 136 Å². The average Bonchev–Trinajstić information content (AvgIpc) is 3.31. The molecule has 1 spiro atoms. The molecule has 2 aliphatic heterocycles. The predicted octanol–water partition coefficient (Wildman–Crippen LogP) is 5.88. The topological polar surface area (TPSA) is 82.1 Å². The maximum atomic E-state index is 12.9. The molecule has 0 aromatic carbocycles. The lowest BCUT2D eigenvalue weighted by Gasteiger charge is -2.66. The molecule has 2 saturated heterocycles. The Kier molecular flexibility index (Phi) is 6.72. The van der Waals surface area contributed by atoms with Crippen LogP contribution in [0.3, 0.4) is 0 Å². The third kappa shape index (κ3) is 3.80. The lowest BCUT2D eigenvalue weighted by atomic mass is 9.42. The van der Waals surface area contributed by atoms with E-state index in [4.69, 9.17) is 14.2 Å². The van der Waals surface area contributed by atoms with Crippen LogP contribution in [-0.2, 0) is 28.6 Å². The van der Waals surface area contributed by atoms with Crippen molar-refractivity contribution in [3.8, 4) is 0 Å². The number of fused-ring (bicyclic) bond motifs is 7. The van der Waals surface area contributed by atoms with E-state index in [0.717, 1.165) is 70.8 Å². The molecular weight excluding hydrogens is 506 g/mol. The first kappa shape index (κ1) is 28.5.